The summed E-state index contributed by atoms with van der Waals surface area (Å²) in [6.45, 7) is 4.08. The number of hydrogen-bond acceptors (Lipinski definition) is 6. The molecular weight excluding hydrogens is 330 g/mol. The lowest BCUT2D eigenvalue weighted by atomic mass is 9.76. The topological polar surface area (TPSA) is 116 Å². The van der Waals surface area contributed by atoms with Gasteiger partial charge in [0.15, 0.2) is 6.23 Å². The monoisotopic (exact) mass is 351 g/mol. The van der Waals surface area contributed by atoms with Crippen molar-refractivity contribution in [1.29, 1.82) is 5.26 Å². The molecule has 0 saturated carbocycles. The molecule has 2 aromatic rings. The number of aryl methyl sites for hydroxylation is 1. The Morgan fingerprint density at radius 1 is 1.31 bits per heavy atom. The first-order valence-corrected chi connectivity index (χ1v) is 8.76. The van der Waals surface area contributed by atoms with Crippen molar-refractivity contribution >= 4 is 10.9 Å². The first-order valence-electron chi connectivity index (χ1n) is 8.76. The number of allylic oxidation sites excluding steroid dienone is 1. The third-order valence-corrected chi connectivity index (χ3v) is 5.40. The molecule has 5 N–H and O–H groups in total. The molecule has 26 heavy (non-hydrogen) atoms. The lowest BCUT2D eigenvalue weighted by Gasteiger charge is -2.34. The Morgan fingerprint density at radius 3 is 2.85 bits per heavy atom. The summed E-state index contributed by atoms with van der Waals surface area (Å²) in [5.41, 5.74) is 14.8. The molecule has 1 fully saturated rings. The number of nitrogens with two attached hydrogens (primary N) is 1. The van der Waals surface area contributed by atoms with E-state index in [2.05, 4.69) is 34.9 Å². The lowest BCUT2D eigenvalue weighted by Crippen LogP contribution is -2.42. The van der Waals surface area contributed by atoms with E-state index in [1.165, 1.54) is 5.56 Å². The molecule has 7 nitrogen and oxygen atoms in total. The number of pyridine rings is 1. The number of nitrogens with zero attached hydrogens (tertiary/aromatic N) is 1. The van der Waals surface area contributed by atoms with Gasteiger partial charge in [-0.3, -0.25) is 10.2 Å². The molecule has 2 aliphatic rings. The van der Waals surface area contributed by atoms with Gasteiger partial charge in [-0.1, -0.05) is 13.0 Å². The molecule has 1 saturated heterocycles. The normalized spacial score (nSPS) is 27.9. The maximum absolute atomic E-state index is 12.8. The van der Waals surface area contributed by atoms with Crippen molar-refractivity contribution in [2.45, 2.75) is 38.5 Å². The number of nitrogens with one attached hydrogen (secondary N) is 3. The summed E-state index contributed by atoms with van der Waals surface area (Å²) in [6.07, 6.45) is 0.525. The summed E-state index contributed by atoms with van der Waals surface area (Å²) in [4.78, 5) is 15.8. The van der Waals surface area contributed by atoms with Crippen molar-refractivity contribution in [2.24, 2.45) is 11.7 Å². The van der Waals surface area contributed by atoms with E-state index in [4.69, 9.17) is 10.5 Å². The Balaban J connectivity index is 1.93. The van der Waals surface area contributed by atoms with Gasteiger partial charge in [0.05, 0.1) is 5.57 Å². The molecule has 134 valence electrons. The highest BCUT2D eigenvalue weighted by molar-refractivity contribution is 5.80. The molecule has 0 amide bonds. The van der Waals surface area contributed by atoms with Crippen molar-refractivity contribution in [1.82, 2.24) is 15.8 Å². The minimum Gasteiger partial charge on any atom is -0.458 e. The van der Waals surface area contributed by atoms with Crippen LogP contribution in [-0.2, 0) is 11.2 Å². The van der Waals surface area contributed by atoms with E-state index in [-0.39, 0.29) is 29.6 Å². The van der Waals surface area contributed by atoms with Crippen LogP contribution in [0.4, 0.5) is 0 Å². The number of aromatic nitrogens is 1. The largest absolute Gasteiger partial charge is 0.458 e. The molecule has 1 aromatic heterocycles. The zero-order valence-corrected chi connectivity index (χ0v) is 14.7. The van der Waals surface area contributed by atoms with Gasteiger partial charge in [0.25, 0.3) is 5.56 Å². The summed E-state index contributed by atoms with van der Waals surface area (Å²) in [5.74, 6) is -0.483. The van der Waals surface area contributed by atoms with Gasteiger partial charge in [0.2, 0.25) is 5.88 Å². The molecule has 4 atom stereocenters. The number of ether oxygens (including phenoxy) is 1. The van der Waals surface area contributed by atoms with Crippen LogP contribution < -0.4 is 22.1 Å². The van der Waals surface area contributed by atoms with Crippen LogP contribution in [0.2, 0.25) is 0 Å². The van der Waals surface area contributed by atoms with E-state index in [0.717, 1.165) is 17.3 Å². The van der Waals surface area contributed by atoms with Crippen LogP contribution in [0.25, 0.3) is 10.9 Å². The average Bonchev–Trinajstić information content (AvgIpc) is 3.00. The standard InChI is InChI=1S/C19H21N5O2/c1-3-10-4-5-14-11(6-10)7-12(18(25)22-14)16-13(8-20)17(21)26-19-15(16)9(2)23-24-19/h4-7,9,15-16,19,23-24H,3,21H2,1-2H3,(H,22,25). The predicted octanol–water partition coefficient (Wildman–Crippen LogP) is 1.34. The van der Waals surface area contributed by atoms with Crippen LogP contribution in [0, 0.1) is 17.2 Å². The first-order chi connectivity index (χ1) is 12.5. The van der Waals surface area contributed by atoms with Gasteiger partial charge in [-0.15, -0.1) is 0 Å². The smallest absolute Gasteiger partial charge is 0.252 e. The summed E-state index contributed by atoms with van der Waals surface area (Å²) in [6, 6.07) is 10.0. The number of hydrogen-bond donors (Lipinski definition) is 4. The quantitative estimate of drug-likeness (QED) is 0.649. The number of hydrazine groups is 1. The minimum atomic E-state index is -0.435. The van der Waals surface area contributed by atoms with Crippen LogP contribution in [0.5, 0.6) is 0 Å². The average molecular weight is 351 g/mol. The van der Waals surface area contributed by atoms with E-state index < -0.39 is 5.92 Å². The molecule has 7 heteroatoms. The highest BCUT2D eigenvalue weighted by Gasteiger charge is 2.47. The molecule has 3 heterocycles. The molecule has 2 aliphatic heterocycles. The molecule has 0 bridgehead atoms. The first kappa shape index (κ1) is 16.6. The Kier molecular flexibility index (Phi) is 3.94. The van der Waals surface area contributed by atoms with E-state index in [1.807, 2.05) is 25.1 Å². The Hall–Kier alpha value is -2.82. The van der Waals surface area contributed by atoms with Crippen molar-refractivity contribution in [3.8, 4) is 6.07 Å². The molecule has 0 aliphatic carbocycles. The second-order valence-corrected chi connectivity index (χ2v) is 6.89. The summed E-state index contributed by atoms with van der Waals surface area (Å²) in [5, 5.41) is 10.6. The zero-order chi connectivity index (χ0) is 18.4. The van der Waals surface area contributed by atoms with Gasteiger partial charge in [-0.05, 0) is 42.5 Å². The van der Waals surface area contributed by atoms with Gasteiger partial charge in [-0.2, -0.15) is 5.26 Å². The van der Waals surface area contributed by atoms with Gasteiger partial charge >= 0.3 is 0 Å². The van der Waals surface area contributed by atoms with Crippen molar-refractivity contribution < 1.29 is 4.74 Å². The maximum atomic E-state index is 12.8. The highest BCUT2D eigenvalue weighted by atomic mass is 16.5. The van der Waals surface area contributed by atoms with E-state index >= 15 is 0 Å². The Bertz CT molecular complexity index is 1000. The van der Waals surface area contributed by atoms with Gasteiger partial charge in [0, 0.05) is 29.0 Å². The highest BCUT2D eigenvalue weighted by Crippen LogP contribution is 2.41. The number of fused-ring (bicyclic) bond motifs is 2. The van der Waals surface area contributed by atoms with Crippen LogP contribution in [-0.4, -0.2) is 17.3 Å². The molecular formula is C19H21N5O2. The number of nitriles is 1. The van der Waals surface area contributed by atoms with Crippen LogP contribution in [0.15, 0.2) is 40.5 Å². The van der Waals surface area contributed by atoms with Crippen molar-refractivity contribution in [2.75, 3.05) is 0 Å². The minimum absolute atomic E-state index is 0.0125. The molecule has 0 radical (unpaired) electrons. The third-order valence-electron chi connectivity index (χ3n) is 5.40. The molecule has 1 aromatic carbocycles. The van der Waals surface area contributed by atoms with Gasteiger partial charge in [-0.25, -0.2) is 5.43 Å². The number of benzene rings is 1. The molecule has 4 rings (SSSR count). The summed E-state index contributed by atoms with van der Waals surface area (Å²) < 4.78 is 5.65. The van der Waals surface area contributed by atoms with E-state index in [0.29, 0.717) is 11.1 Å². The second kappa shape index (κ2) is 6.16. The maximum Gasteiger partial charge on any atom is 0.252 e. The summed E-state index contributed by atoms with van der Waals surface area (Å²) >= 11 is 0. The number of rotatable bonds is 2. The van der Waals surface area contributed by atoms with Crippen LogP contribution >= 0.6 is 0 Å². The van der Waals surface area contributed by atoms with Gasteiger partial charge < -0.3 is 15.5 Å². The number of aromatic amines is 1. The third kappa shape index (κ3) is 2.46. The second-order valence-electron chi connectivity index (χ2n) is 6.89. The van der Waals surface area contributed by atoms with Crippen LogP contribution in [0.3, 0.4) is 0 Å². The van der Waals surface area contributed by atoms with E-state index in [9.17, 15) is 10.1 Å². The van der Waals surface area contributed by atoms with Crippen LogP contribution in [0.1, 0.15) is 30.9 Å². The SMILES string of the molecule is CCc1ccc2[nH]c(=O)c(C3C(C#N)=C(N)OC4NNC(C)C43)cc2c1. The van der Waals surface area contributed by atoms with Gasteiger partial charge in [0.1, 0.15) is 6.07 Å². The lowest BCUT2D eigenvalue weighted by molar-refractivity contribution is 0.0349. The fourth-order valence-electron chi connectivity index (χ4n) is 4.00. The molecule has 0 spiro atoms. The predicted molar refractivity (Wildman–Crippen MR) is 97.6 cm³/mol. The summed E-state index contributed by atoms with van der Waals surface area (Å²) in [7, 11) is 0. The zero-order valence-electron chi connectivity index (χ0n) is 14.7. The molecule has 4 unspecified atom stereocenters. The van der Waals surface area contributed by atoms with Crippen molar-refractivity contribution in [3.63, 3.8) is 0 Å². The van der Waals surface area contributed by atoms with E-state index in [1.54, 1.807) is 0 Å². The Morgan fingerprint density at radius 2 is 2.12 bits per heavy atom. The van der Waals surface area contributed by atoms with Crippen molar-refractivity contribution in [3.05, 3.63) is 57.2 Å². The Labute approximate surface area is 150 Å². The fourth-order valence-corrected chi connectivity index (χ4v) is 4.00. The number of H-pyrrole nitrogens is 1. The fraction of sp³-hybridized carbons (Fsp3) is 0.368.